The molecule has 4 rings (SSSR count). The average Bonchev–Trinajstić information content (AvgIpc) is 2.33. The number of unbranched alkanes of at least 4 members (excludes halogenated alkanes) is 1. The normalized spacial score (nSPS) is 41.1. The summed E-state index contributed by atoms with van der Waals surface area (Å²) in [5, 5.41) is 0. The average molecular weight is 271 g/mol. The van der Waals surface area contributed by atoms with Gasteiger partial charge in [-0.05, 0) is 68.6 Å². The third-order valence-corrected chi connectivity index (χ3v) is 5.44. The summed E-state index contributed by atoms with van der Waals surface area (Å²) >= 11 is 5.62. The van der Waals surface area contributed by atoms with E-state index in [-0.39, 0.29) is 12.1 Å². The maximum atomic E-state index is 11.8. The highest BCUT2D eigenvalue weighted by Gasteiger charge is 2.49. The van der Waals surface area contributed by atoms with Crippen molar-refractivity contribution in [2.45, 2.75) is 57.5 Å². The Hall–Kier alpha value is -0.240. The van der Waals surface area contributed by atoms with Crippen LogP contribution in [-0.4, -0.2) is 18.0 Å². The molecule has 0 aliphatic heterocycles. The Labute approximate surface area is 114 Å². The largest absolute Gasteiger partial charge is 0.462 e. The van der Waals surface area contributed by atoms with Gasteiger partial charge in [0.1, 0.15) is 6.10 Å². The number of alkyl halides is 1. The Morgan fingerprint density at radius 1 is 1.00 bits per heavy atom. The molecule has 4 aliphatic rings. The van der Waals surface area contributed by atoms with Crippen LogP contribution in [0.5, 0.6) is 0 Å². The topological polar surface area (TPSA) is 26.3 Å². The molecule has 0 aromatic rings. The molecule has 0 heterocycles. The molecule has 3 heteroatoms. The quantitative estimate of drug-likeness (QED) is 0.432. The van der Waals surface area contributed by atoms with Crippen LogP contribution in [-0.2, 0) is 9.53 Å². The SMILES string of the molecule is O=C(CCCCCl)OC1C2CC3CC(C2)CC1C3. The summed E-state index contributed by atoms with van der Waals surface area (Å²) in [5.74, 6) is 3.90. The van der Waals surface area contributed by atoms with Crippen LogP contribution in [0.25, 0.3) is 0 Å². The van der Waals surface area contributed by atoms with Crippen LogP contribution >= 0.6 is 11.6 Å². The van der Waals surface area contributed by atoms with Crippen LogP contribution in [0.4, 0.5) is 0 Å². The fourth-order valence-electron chi connectivity index (χ4n) is 4.64. The first-order valence-electron chi connectivity index (χ1n) is 7.51. The molecular formula is C15H23ClO2. The summed E-state index contributed by atoms with van der Waals surface area (Å²) in [6.07, 6.45) is 9.28. The molecule has 4 fully saturated rings. The first kappa shape index (κ1) is 12.8. The Kier molecular flexibility index (Phi) is 3.83. The van der Waals surface area contributed by atoms with Gasteiger partial charge in [-0.15, -0.1) is 11.6 Å². The van der Waals surface area contributed by atoms with E-state index in [0.717, 1.165) is 24.7 Å². The van der Waals surface area contributed by atoms with Gasteiger partial charge in [-0.1, -0.05) is 0 Å². The van der Waals surface area contributed by atoms with Gasteiger partial charge in [0.2, 0.25) is 0 Å². The summed E-state index contributed by atoms with van der Waals surface area (Å²) < 4.78 is 5.79. The lowest BCUT2D eigenvalue weighted by molar-refractivity contribution is -0.170. The van der Waals surface area contributed by atoms with Gasteiger partial charge >= 0.3 is 5.97 Å². The maximum Gasteiger partial charge on any atom is 0.306 e. The van der Waals surface area contributed by atoms with E-state index in [1.807, 2.05) is 0 Å². The van der Waals surface area contributed by atoms with E-state index in [1.165, 1.54) is 32.1 Å². The van der Waals surface area contributed by atoms with Gasteiger partial charge in [0.25, 0.3) is 0 Å². The second-order valence-electron chi connectivity index (χ2n) is 6.53. The third-order valence-electron chi connectivity index (χ3n) is 5.17. The van der Waals surface area contributed by atoms with Gasteiger partial charge in [0.05, 0.1) is 0 Å². The van der Waals surface area contributed by atoms with Gasteiger partial charge in [-0.2, -0.15) is 0 Å². The third kappa shape index (κ3) is 2.54. The Morgan fingerprint density at radius 2 is 1.61 bits per heavy atom. The van der Waals surface area contributed by atoms with E-state index in [9.17, 15) is 4.79 Å². The van der Waals surface area contributed by atoms with Gasteiger partial charge in [-0.3, -0.25) is 4.79 Å². The second-order valence-corrected chi connectivity index (χ2v) is 6.91. The number of ether oxygens (including phenoxy) is 1. The predicted molar refractivity (Wildman–Crippen MR) is 71.5 cm³/mol. The zero-order valence-electron chi connectivity index (χ0n) is 10.9. The van der Waals surface area contributed by atoms with E-state index in [0.29, 0.717) is 24.1 Å². The van der Waals surface area contributed by atoms with Crippen LogP contribution in [0.3, 0.4) is 0 Å². The van der Waals surface area contributed by atoms with E-state index in [1.54, 1.807) is 0 Å². The Balaban J connectivity index is 1.52. The molecule has 4 saturated carbocycles. The lowest BCUT2D eigenvalue weighted by Gasteiger charge is -2.53. The number of carbonyl (C=O) groups excluding carboxylic acids is 1. The van der Waals surface area contributed by atoms with Crippen molar-refractivity contribution < 1.29 is 9.53 Å². The number of hydrogen-bond acceptors (Lipinski definition) is 2. The van der Waals surface area contributed by atoms with Crippen molar-refractivity contribution in [1.29, 1.82) is 0 Å². The fraction of sp³-hybridized carbons (Fsp3) is 0.933. The molecule has 0 unspecified atom stereocenters. The standard InChI is InChI=1S/C15H23ClO2/c16-4-2-1-3-14(17)18-15-12-6-10-5-11(8-12)9-13(15)7-10/h10-13,15H,1-9H2. The highest BCUT2D eigenvalue weighted by Crippen LogP contribution is 2.54. The minimum atomic E-state index is 0.0117. The van der Waals surface area contributed by atoms with E-state index in [2.05, 4.69) is 0 Å². The minimum Gasteiger partial charge on any atom is -0.462 e. The number of esters is 1. The first-order chi connectivity index (χ1) is 8.76. The number of halogens is 1. The highest BCUT2D eigenvalue weighted by atomic mass is 35.5. The molecule has 0 spiro atoms. The molecule has 4 aliphatic carbocycles. The van der Waals surface area contributed by atoms with Crippen LogP contribution < -0.4 is 0 Å². The Bertz CT molecular complexity index is 288. The lowest BCUT2D eigenvalue weighted by atomic mass is 9.55. The lowest BCUT2D eigenvalue weighted by Crippen LogP contribution is -2.50. The van der Waals surface area contributed by atoms with Crippen molar-refractivity contribution in [3.8, 4) is 0 Å². The summed E-state index contributed by atoms with van der Waals surface area (Å²) in [7, 11) is 0. The van der Waals surface area contributed by atoms with Gasteiger partial charge in [0, 0.05) is 12.3 Å². The van der Waals surface area contributed by atoms with Crippen molar-refractivity contribution in [3.63, 3.8) is 0 Å². The van der Waals surface area contributed by atoms with Crippen molar-refractivity contribution in [1.82, 2.24) is 0 Å². The molecule has 0 radical (unpaired) electrons. The summed E-state index contributed by atoms with van der Waals surface area (Å²) in [5.41, 5.74) is 0. The monoisotopic (exact) mass is 270 g/mol. The van der Waals surface area contributed by atoms with Crippen molar-refractivity contribution in [2.24, 2.45) is 23.7 Å². The van der Waals surface area contributed by atoms with Crippen LogP contribution in [0.1, 0.15) is 51.4 Å². The van der Waals surface area contributed by atoms with E-state index < -0.39 is 0 Å². The maximum absolute atomic E-state index is 11.8. The minimum absolute atomic E-state index is 0.0117. The van der Waals surface area contributed by atoms with Crippen LogP contribution in [0, 0.1) is 23.7 Å². The van der Waals surface area contributed by atoms with Crippen molar-refractivity contribution >= 4 is 17.6 Å². The molecule has 18 heavy (non-hydrogen) atoms. The number of hydrogen-bond donors (Lipinski definition) is 0. The highest BCUT2D eigenvalue weighted by molar-refractivity contribution is 6.17. The van der Waals surface area contributed by atoms with E-state index >= 15 is 0 Å². The molecule has 0 atom stereocenters. The van der Waals surface area contributed by atoms with Crippen LogP contribution in [0.2, 0.25) is 0 Å². The predicted octanol–water partition coefficient (Wildman–Crippen LogP) is 3.76. The zero-order valence-corrected chi connectivity index (χ0v) is 11.7. The summed E-state index contributed by atoms with van der Waals surface area (Å²) in [4.78, 5) is 11.8. The molecule has 0 N–H and O–H groups in total. The molecular weight excluding hydrogens is 248 g/mol. The first-order valence-corrected chi connectivity index (χ1v) is 8.05. The Morgan fingerprint density at radius 3 is 2.17 bits per heavy atom. The fourth-order valence-corrected chi connectivity index (χ4v) is 4.83. The summed E-state index contributed by atoms with van der Waals surface area (Å²) in [6, 6.07) is 0. The zero-order chi connectivity index (χ0) is 12.5. The second kappa shape index (κ2) is 5.40. The van der Waals surface area contributed by atoms with Crippen LogP contribution in [0.15, 0.2) is 0 Å². The van der Waals surface area contributed by atoms with Gasteiger partial charge < -0.3 is 4.74 Å². The van der Waals surface area contributed by atoms with Gasteiger partial charge in [-0.25, -0.2) is 0 Å². The molecule has 0 aromatic heterocycles. The van der Waals surface area contributed by atoms with Crippen molar-refractivity contribution in [2.75, 3.05) is 5.88 Å². The summed E-state index contributed by atoms with van der Waals surface area (Å²) in [6.45, 7) is 0. The molecule has 4 bridgehead atoms. The number of rotatable bonds is 5. The molecule has 102 valence electrons. The molecule has 0 saturated heterocycles. The van der Waals surface area contributed by atoms with Gasteiger partial charge in [0.15, 0.2) is 0 Å². The number of carbonyl (C=O) groups is 1. The molecule has 0 aromatic carbocycles. The van der Waals surface area contributed by atoms with Crippen molar-refractivity contribution in [3.05, 3.63) is 0 Å². The van der Waals surface area contributed by atoms with E-state index in [4.69, 9.17) is 16.3 Å². The smallest absolute Gasteiger partial charge is 0.306 e. The molecule has 2 nitrogen and oxygen atoms in total. The molecule has 0 amide bonds.